The van der Waals surface area contributed by atoms with Crippen LogP contribution in [0.3, 0.4) is 0 Å². The lowest BCUT2D eigenvalue weighted by molar-refractivity contribution is -0.130. The van der Waals surface area contributed by atoms with Crippen LogP contribution in [0, 0.1) is 0 Å². The normalized spacial score (nSPS) is 16.4. The first-order chi connectivity index (χ1) is 12.7. The quantitative estimate of drug-likeness (QED) is 0.715. The van der Waals surface area contributed by atoms with Gasteiger partial charge in [0.05, 0.1) is 17.2 Å². The number of nitrogens with zero attached hydrogens (tertiary/aromatic N) is 4. The molecule has 3 rings (SSSR count). The Morgan fingerprint density at radius 1 is 1.27 bits per heavy atom. The second kappa shape index (κ2) is 8.76. The van der Waals surface area contributed by atoms with Gasteiger partial charge in [0.1, 0.15) is 6.10 Å². The number of hydrogen-bond acceptors (Lipinski definition) is 5. The van der Waals surface area contributed by atoms with Crippen LogP contribution in [0.15, 0.2) is 43.1 Å². The molecule has 2 heterocycles. The van der Waals surface area contributed by atoms with Gasteiger partial charge in [-0.1, -0.05) is 18.2 Å². The van der Waals surface area contributed by atoms with E-state index in [2.05, 4.69) is 21.4 Å². The number of rotatable bonds is 7. The van der Waals surface area contributed by atoms with Crippen molar-refractivity contribution in [2.75, 3.05) is 32.7 Å². The molecule has 138 valence electrons. The molecule has 0 saturated carbocycles. The van der Waals surface area contributed by atoms with Crippen molar-refractivity contribution in [1.29, 1.82) is 0 Å². The smallest absolute Gasteiger partial charge is 0.233 e. The summed E-state index contributed by atoms with van der Waals surface area (Å²) in [4.78, 5) is 24.7. The highest BCUT2D eigenvalue weighted by Crippen LogP contribution is 2.17. The van der Waals surface area contributed by atoms with Crippen LogP contribution in [-0.2, 0) is 4.79 Å². The van der Waals surface area contributed by atoms with E-state index < -0.39 is 0 Å². The van der Waals surface area contributed by atoms with Crippen LogP contribution in [0.25, 0.3) is 11.0 Å². The summed E-state index contributed by atoms with van der Waals surface area (Å²) in [5, 5.41) is 0. The minimum absolute atomic E-state index is 0.0207. The van der Waals surface area contributed by atoms with Crippen molar-refractivity contribution in [3.8, 4) is 5.88 Å². The number of fused-ring (bicyclic) bond motifs is 1. The molecule has 1 fully saturated rings. The Morgan fingerprint density at radius 3 is 2.69 bits per heavy atom. The molecule has 0 N–H and O–H groups in total. The summed E-state index contributed by atoms with van der Waals surface area (Å²) >= 11 is 0. The molecule has 1 aromatic carbocycles. The summed E-state index contributed by atoms with van der Waals surface area (Å²) < 4.78 is 6.16. The molecule has 1 aliphatic rings. The van der Waals surface area contributed by atoms with Crippen LogP contribution < -0.4 is 4.74 Å². The van der Waals surface area contributed by atoms with E-state index in [0.29, 0.717) is 5.88 Å². The predicted octanol–water partition coefficient (Wildman–Crippen LogP) is 2.51. The van der Waals surface area contributed by atoms with Gasteiger partial charge >= 0.3 is 0 Å². The molecule has 1 aliphatic heterocycles. The molecule has 6 nitrogen and oxygen atoms in total. The van der Waals surface area contributed by atoms with Crippen molar-refractivity contribution in [3.05, 3.63) is 43.1 Å². The van der Waals surface area contributed by atoms with Gasteiger partial charge in [-0.2, -0.15) is 0 Å². The maximum absolute atomic E-state index is 11.5. The van der Waals surface area contributed by atoms with E-state index in [9.17, 15) is 4.79 Å². The molecule has 2 aromatic rings. The van der Waals surface area contributed by atoms with Gasteiger partial charge in [0.2, 0.25) is 11.8 Å². The second-order valence-corrected chi connectivity index (χ2v) is 6.61. The molecule has 1 atom stereocenters. The molecular formula is C20H26N4O2. The number of carbonyl (C=O) groups excluding carboxylic acids is 1. The first-order valence-electron chi connectivity index (χ1n) is 9.13. The molecule has 0 aliphatic carbocycles. The zero-order chi connectivity index (χ0) is 18.4. The fourth-order valence-electron chi connectivity index (χ4n) is 3.19. The summed E-state index contributed by atoms with van der Waals surface area (Å²) in [6.07, 6.45) is 5.39. The minimum atomic E-state index is 0.0207. The number of hydrogen-bond donors (Lipinski definition) is 0. The Kier molecular flexibility index (Phi) is 6.17. The van der Waals surface area contributed by atoms with Crippen LogP contribution in [-0.4, -0.2) is 64.5 Å². The Hall–Kier alpha value is -2.47. The van der Waals surface area contributed by atoms with Crippen LogP contribution in [0.2, 0.25) is 0 Å². The number of amides is 1. The van der Waals surface area contributed by atoms with E-state index in [-0.39, 0.29) is 12.0 Å². The predicted molar refractivity (Wildman–Crippen MR) is 102 cm³/mol. The SMILES string of the molecule is C=CCCC(CN1CCN(C(C)=O)CC1)Oc1cnc2ccccc2n1. The number of benzene rings is 1. The van der Waals surface area contributed by atoms with Gasteiger partial charge in [0.25, 0.3) is 0 Å². The Morgan fingerprint density at radius 2 is 2.00 bits per heavy atom. The average Bonchev–Trinajstić information content (AvgIpc) is 2.66. The zero-order valence-electron chi connectivity index (χ0n) is 15.3. The van der Waals surface area contributed by atoms with Gasteiger partial charge in [-0.15, -0.1) is 6.58 Å². The maximum atomic E-state index is 11.5. The summed E-state index contributed by atoms with van der Waals surface area (Å²) in [5.41, 5.74) is 1.70. The minimum Gasteiger partial charge on any atom is -0.472 e. The number of piperazine rings is 1. The van der Waals surface area contributed by atoms with Crippen LogP contribution in [0.5, 0.6) is 5.88 Å². The first kappa shape index (κ1) is 18.3. The third kappa shape index (κ3) is 4.79. The molecule has 1 aromatic heterocycles. The van der Waals surface area contributed by atoms with Gasteiger partial charge in [-0.25, -0.2) is 9.97 Å². The molecule has 0 radical (unpaired) electrons. The summed E-state index contributed by atoms with van der Waals surface area (Å²) in [7, 11) is 0. The second-order valence-electron chi connectivity index (χ2n) is 6.61. The number of para-hydroxylation sites is 2. The van der Waals surface area contributed by atoms with Crippen LogP contribution in [0.4, 0.5) is 0 Å². The van der Waals surface area contributed by atoms with Gasteiger partial charge in [-0.3, -0.25) is 9.69 Å². The topological polar surface area (TPSA) is 58.6 Å². The van der Waals surface area contributed by atoms with E-state index in [1.54, 1.807) is 13.1 Å². The van der Waals surface area contributed by atoms with Crippen molar-refractivity contribution in [2.24, 2.45) is 0 Å². The summed E-state index contributed by atoms with van der Waals surface area (Å²) in [5.74, 6) is 0.704. The fourth-order valence-corrected chi connectivity index (χ4v) is 3.19. The lowest BCUT2D eigenvalue weighted by Crippen LogP contribution is -2.50. The molecular weight excluding hydrogens is 328 g/mol. The van der Waals surface area contributed by atoms with Crippen molar-refractivity contribution in [1.82, 2.24) is 19.8 Å². The summed E-state index contributed by atoms with van der Waals surface area (Å²) in [6, 6.07) is 7.78. The van der Waals surface area contributed by atoms with E-state index in [4.69, 9.17) is 4.74 Å². The highest BCUT2D eigenvalue weighted by atomic mass is 16.5. The van der Waals surface area contributed by atoms with Gasteiger partial charge in [-0.05, 0) is 25.0 Å². The molecule has 1 unspecified atom stereocenters. The van der Waals surface area contributed by atoms with Gasteiger partial charge < -0.3 is 9.64 Å². The lowest BCUT2D eigenvalue weighted by atomic mass is 10.1. The third-order valence-electron chi connectivity index (χ3n) is 4.69. The highest BCUT2D eigenvalue weighted by Gasteiger charge is 2.22. The molecule has 0 spiro atoms. The first-order valence-corrected chi connectivity index (χ1v) is 9.13. The zero-order valence-corrected chi connectivity index (χ0v) is 15.3. The van der Waals surface area contributed by atoms with E-state index >= 15 is 0 Å². The third-order valence-corrected chi connectivity index (χ3v) is 4.69. The Balaban J connectivity index is 1.63. The highest BCUT2D eigenvalue weighted by molar-refractivity contribution is 5.74. The maximum Gasteiger partial charge on any atom is 0.233 e. The van der Waals surface area contributed by atoms with Crippen LogP contribution >= 0.6 is 0 Å². The van der Waals surface area contributed by atoms with E-state index in [1.165, 1.54) is 0 Å². The molecule has 1 amide bonds. The number of ether oxygens (including phenoxy) is 1. The largest absolute Gasteiger partial charge is 0.472 e. The lowest BCUT2D eigenvalue weighted by Gasteiger charge is -2.35. The van der Waals surface area contributed by atoms with Crippen molar-refractivity contribution < 1.29 is 9.53 Å². The van der Waals surface area contributed by atoms with Crippen molar-refractivity contribution >= 4 is 16.9 Å². The molecule has 26 heavy (non-hydrogen) atoms. The monoisotopic (exact) mass is 354 g/mol. The molecule has 6 heteroatoms. The van der Waals surface area contributed by atoms with Crippen molar-refractivity contribution in [2.45, 2.75) is 25.9 Å². The van der Waals surface area contributed by atoms with E-state index in [0.717, 1.165) is 56.6 Å². The van der Waals surface area contributed by atoms with Gasteiger partial charge in [0, 0.05) is 39.6 Å². The Bertz CT molecular complexity index is 756. The number of carbonyl (C=O) groups is 1. The van der Waals surface area contributed by atoms with E-state index in [1.807, 2.05) is 35.2 Å². The number of allylic oxidation sites excluding steroid dienone is 1. The van der Waals surface area contributed by atoms with Crippen LogP contribution in [0.1, 0.15) is 19.8 Å². The Labute approximate surface area is 154 Å². The fraction of sp³-hybridized carbons (Fsp3) is 0.450. The molecule has 0 bridgehead atoms. The average molecular weight is 354 g/mol. The molecule has 1 saturated heterocycles. The van der Waals surface area contributed by atoms with Gasteiger partial charge in [0.15, 0.2) is 0 Å². The number of aromatic nitrogens is 2. The standard InChI is InChI=1S/C20H26N4O2/c1-3-4-7-17(15-23-10-12-24(13-11-23)16(2)25)26-20-14-21-18-8-5-6-9-19(18)22-20/h3,5-6,8-9,14,17H,1,4,7,10-13,15H2,2H3. The summed E-state index contributed by atoms with van der Waals surface area (Å²) in [6.45, 7) is 9.56. The van der Waals surface area contributed by atoms with Crippen molar-refractivity contribution in [3.63, 3.8) is 0 Å².